The van der Waals surface area contributed by atoms with E-state index < -0.39 is 5.60 Å². The summed E-state index contributed by atoms with van der Waals surface area (Å²) < 4.78 is 5.32. The quantitative estimate of drug-likeness (QED) is 0.243. The SMILES string of the molecule is CCNC(=NCc1sc(-c2ccccc2)nc1C)NCC(C)(O)c1ccco1.I. The third-order valence-corrected chi connectivity index (χ3v) is 5.48. The largest absolute Gasteiger partial charge is 0.466 e. The van der Waals surface area contributed by atoms with Gasteiger partial charge in [-0.05, 0) is 32.9 Å². The van der Waals surface area contributed by atoms with Gasteiger partial charge in [-0.15, -0.1) is 35.3 Å². The maximum Gasteiger partial charge on any atom is 0.191 e. The normalized spacial score (nSPS) is 13.4. The highest BCUT2D eigenvalue weighted by Crippen LogP contribution is 2.28. The van der Waals surface area contributed by atoms with E-state index in [0.29, 0.717) is 18.3 Å². The summed E-state index contributed by atoms with van der Waals surface area (Å²) in [5.41, 5.74) is 0.983. The fourth-order valence-corrected chi connectivity index (χ4v) is 3.69. The molecule has 0 saturated carbocycles. The van der Waals surface area contributed by atoms with Crippen molar-refractivity contribution in [2.24, 2.45) is 4.99 Å². The van der Waals surface area contributed by atoms with Crippen molar-refractivity contribution < 1.29 is 9.52 Å². The molecule has 0 amide bonds. The lowest BCUT2D eigenvalue weighted by Crippen LogP contribution is -2.44. The molecule has 2 aromatic heterocycles. The molecular formula is C21H27IN4O2S. The first-order valence-electron chi connectivity index (χ1n) is 9.30. The summed E-state index contributed by atoms with van der Waals surface area (Å²) in [6, 6.07) is 13.7. The molecule has 8 heteroatoms. The molecule has 0 spiro atoms. The molecule has 3 aromatic rings. The molecule has 0 aliphatic rings. The van der Waals surface area contributed by atoms with Gasteiger partial charge in [0.05, 0.1) is 25.0 Å². The number of aryl methyl sites for hydroxylation is 1. The number of hydrogen-bond donors (Lipinski definition) is 3. The van der Waals surface area contributed by atoms with Crippen molar-refractivity contribution in [3.8, 4) is 10.6 Å². The second-order valence-corrected chi connectivity index (χ2v) is 7.78. The predicted molar refractivity (Wildman–Crippen MR) is 129 cm³/mol. The summed E-state index contributed by atoms with van der Waals surface area (Å²) in [4.78, 5) is 10.5. The maximum atomic E-state index is 10.6. The highest BCUT2D eigenvalue weighted by atomic mass is 127. The number of aromatic nitrogens is 1. The van der Waals surface area contributed by atoms with Crippen LogP contribution in [0, 0.1) is 6.92 Å². The molecule has 3 N–H and O–H groups in total. The summed E-state index contributed by atoms with van der Waals surface area (Å²) in [5.74, 6) is 1.16. The number of benzene rings is 1. The van der Waals surface area contributed by atoms with Crippen molar-refractivity contribution >= 4 is 41.3 Å². The number of halogens is 1. The van der Waals surface area contributed by atoms with Crippen LogP contribution in [0.2, 0.25) is 0 Å². The number of thiazole rings is 1. The van der Waals surface area contributed by atoms with E-state index in [9.17, 15) is 5.11 Å². The lowest BCUT2D eigenvalue weighted by molar-refractivity contribution is 0.0386. The van der Waals surface area contributed by atoms with Gasteiger partial charge in [-0.25, -0.2) is 9.98 Å². The number of nitrogens with zero attached hydrogens (tertiary/aromatic N) is 2. The van der Waals surface area contributed by atoms with E-state index in [-0.39, 0.29) is 30.5 Å². The van der Waals surface area contributed by atoms with Crippen LogP contribution < -0.4 is 10.6 Å². The van der Waals surface area contributed by atoms with Gasteiger partial charge in [-0.3, -0.25) is 0 Å². The fraction of sp³-hybridized carbons (Fsp3) is 0.333. The van der Waals surface area contributed by atoms with Gasteiger partial charge in [-0.1, -0.05) is 30.3 Å². The average Bonchev–Trinajstić information content (AvgIpc) is 3.35. The van der Waals surface area contributed by atoms with E-state index in [0.717, 1.165) is 27.7 Å². The first-order chi connectivity index (χ1) is 13.5. The molecule has 0 bridgehead atoms. The van der Waals surface area contributed by atoms with E-state index >= 15 is 0 Å². The van der Waals surface area contributed by atoms with Crippen molar-refractivity contribution in [2.45, 2.75) is 32.9 Å². The first-order valence-corrected chi connectivity index (χ1v) is 10.1. The minimum atomic E-state index is -1.12. The van der Waals surface area contributed by atoms with Gasteiger partial charge in [0, 0.05) is 17.0 Å². The van der Waals surface area contributed by atoms with Gasteiger partial charge in [0.1, 0.15) is 16.4 Å². The Kier molecular flexibility index (Phi) is 8.66. The third-order valence-electron chi connectivity index (χ3n) is 4.29. The topological polar surface area (TPSA) is 82.7 Å². The maximum absolute atomic E-state index is 10.6. The Bertz CT molecular complexity index is 908. The Hall–Kier alpha value is -1.91. The van der Waals surface area contributed by atoms with E-state index in [1.165, 1.54) is 0 Å². The van der Waals surface area contributed by atoms with Crippen LogP contribution in [0.1, 0.15) is 30.2 Å². The summed E-state index contributed by atoms with van der Waals surface area (Å²) >= 11 is 1.66. The lowest BCUT2D eigenvalue weighted by Gasteiger charge is -2.22. The molecular weight excluding hydrogens is 499 g/mol. The number of aliphatic hydroxyl groups is 1. The molecule has 0 radical (unpaired) electrons. The second kappa shape index (κ2) is 10.7. The van der Waals surface area contributed by atoms with Crippen LogP contribution in [0.25, 0.3) is 10.6 Å². The summed E-state index contributed by atoms with van der Waals surface area (Å²) in [6.07, 6.45) is 1.56. The molecule has 3 rings (SSSR count). The zero-order valence-corrected chi connectivity index (χ0v) is 20.0. The van der Waals surface area contributed by atoms with Gasteiger partial charge in [-0.2, -0.15) is 0 Å². The smallest absolute Gasteiger partial charge is 0.191 e. The van der Waals surface area contributed by atoms with Crippen molar-refractivity contribution in [1.82, 2.24) is 15.6 Å². The van der Waals surface area contributed by atoms with Crippen LogP contribution in [0.3, 0.4) is 0 Å². The number of rotatable bonds is 7. The molecule has 0 aliphatic heterocycles. The van der Waals surface area contributed by atoms with E-state index in [2.05, 4.69) is 32.7 Å². The van der Waals surface area contributed by atoms with Crippen LogP contribution >= 0.6 is 35.3 Å². The van der Waals surface area contributed by atoms with Gasteiger partial charge < -0.3 is 20.2 Å². The van der Waals surface area contributed by atoms with Crippen molar-refractivity contribution in [3.63, 3.8) is 0 Å². The summed E-state index contributed by atoms with van der Waals surface area (Å²) in [7, 11) is 0. The number of nitrogens with one attached hydrogen (secondary N) is 2. The zero-order chi connectivity index (χ0) is 20.0. The molecule has 0 saturated heterocycles. The molecule has 1 unspecified atom stereocenters. The van der Waals surface area contributed by atoms with E-state index in [1.807, 2.05) is 32.0 Å². The molecule has 156 valence electrons. The lowest BCUT2D eigenvalue weighted by atomic mass is 10.0. The van der Waals surface area contributed by atoms with Crippen LogP contribution in [-0.2, 0) is 12.1 Å². The van der Waals surface area contributed by atoms with Crippen LogP contribution in [0.5, 0.6) is 0 Å². The Balaban J connectivity index is 0.00000300. The van der Waals surface area contributed by atoms with Crippen LogP contribution in [0.15, 0.2) is 58.1 Å². The monoisotopic (exact) mass is 526 g/mol. The molecule has 0 aliphatic carbocycles. The first kappa shape index (κ1) is 23.4. The van der Waals surface area contributed by atoms with Gasteiger partial charge in [0.15, 0.2) is 5.96 Å². The highest BCUT2D eigenvalue weighted by molar-refractivity contribution is 14.0. The number of aliphatic imine (C=N–C) groups is 1. The number of guanidine groups is 1. The third kappa shape index (κ3) is 6.28. The fourth-order valence-electron chi connectivity index (χ4n) is 2.70. The standard InChI is InChI=1S/C21H26N4O2S.HI/c1-4-22-20(24-14-21(3,26)18-11-8-12-27-18)23-13-17-15(2)25-19(28-17)16-9-6-5-7-10-16;/h5-12,26H,4,13-14H2,1-3H3,(H2,22,23,24);1H. The summed E-state index contributed by atoms with van der Waals surface area (Å²) in [6.45, 7) is 7.26. The zero-order valence-electron chi connectivity index (χ0n) is 16.8. The minimum Gasteiger partial charge on any atom is -0.466 e. The summed E-state index contributed by atoms with van der Waals surface area (Å²) in [5, 5.41) is 18.0. The van der Waals surface area contributed by atoms with E-state index in [1.54, 1.807) is 36.7 Å². The Morgan fingerprint density at radius 3 is 2.62 bits per heavy atom. The second-order valence-electron chi connectivity index (χ2n) is 6.69. The molecule has 29 heavy (non-hydrogen) atoms. The number of furan rings is 1. The average molecular weight is 526 g/mol. The van der Waals surface area contributed by atoms with Crippen LogP contribution in [0.4, 0.5) is 0 Å². The van der Waals surface area contributed by atoms with E-state index in [4.69, 9.17) is 4.42 Å². The predicted octanol–water partition coefficient (Wildman–Crippen LogP) is 4.29. The minimum absolute atomic E-state index is 0. The molecule has 0 fully saturated rings. The van der Waals surface area contributed by atoms with Crippen molar-refractivity contribution in [2.75, 3.05) is 13.1 Å². The van der Waals surface area contributed by atoms with Crippen molar-refractivity contribution in [3.05, 3.63) is 65.1 Å². The van der Waals surface area contributed by atoms with Crippen LogP contribution in [-0.4, -0.2) is 29.1 Å². The molecule has 1 atom stereocenters. The highest BCUT2D eigenvalue weighted by Gasteiger charge is 2.26. The van der Waals surface area contributed by atoms with Gasteiger partial charge in [0.25, 0.3) is 0 Å². The Labute approximate surface area is 192 Å². The molecule has 6 nitrogen and oxygen atoms in total. The molecule has 1 aromatic carbocycles. The van der Waals surface area contributed by atoms with Gasteiger partial charge >= 0.3 is 0 Å². The van der Waals surface area contributed by atoms with Gasteiger partial charge in [0.2, 0.25) is 0 Å². The van der Waals surface area contributed by atoms with Crippen molar-refractivity contribution in [1.29, 1.82) is 0 Å². The Morgan fingerprint density at radius 2 is 1.97 bits per heavy atom. The Morgan fingerprint density at radius 1 is 1.21 bits per heavy atom. The number of hydrogen-bond acceptors (Lipinski definition) is 5. The molecule has 2 heterocycles.